The minimum absolute atomic E-state index is 0.0991. The molecular formula is C27H34N2O4. The molecular weight excluding hydrogens is 416 g/mol. The van der Waals surface area contributed by atoms with Crippen molar-refractivity contribution in [2.24, 2.45) is 11.8 Å². The van der Waals surface area contributed by atoms with Gasteiger partial charge in [0.15, 0.2) is 0 Å². The summed E-state index contributed by atoms with van der Waals surface area (Å²) in [6.45, 7) is 12.9. The van der Waals surface area contributed by atoms with Crippen molar-refractivity contribution in [1.29, 1.82) is 0 Å². The van der Waals surface area contributed by atoms with Gasteiger partial charge in [0, 0.05) is 48.4 Å². The van der Waals surface area contributed by atoms with Crippen LogP contribution in [-0.2, 0) is 25.5 Å². The highest BCUT2D eigenvalue weighted by Crippen LogP contribution is 2.44. The van der Waals surface area contributed by atoms with E-state index in [4.69, 9.17) is 4.74 Å². The Morgan fingerprint density at radius 2 is 1.82 bits per heavy atom. The third kappa shape index (κ3) is 5.69. The van der Waals surface area contributed by atoms with Crippen LogP contribution in [0.5, 0.6) is 0 Å². The Kier molecular flexibility index (Phi) is 7.69. The summed E-state index contributed by atoms with van der Waals surface area (Å²) in [6.07, 6.45) is 3.72. The molecule has 33 heavy (non-hydrogen) atoms. The van der Waals surface area contributed by atoms with Gasteiger partial charge in [-0.05, 0) is 55.2 Å². The number of fused-ring (bicyclic) bond motifs is 1. The number of benzene rings is 1. The lowest BCUT2D eigenvalue weighted by Gasteiger charge is -2.19. The zero-order valence-electron chi connectivity index (χ0n) is 20.2. The van der Waals surface area contributed by atoms with E-state index in [0.29, 0.717) is 42.6 Å². The second kappa shape index (κ2) is 10.3. The Balaban J connectivity index is 1.88. The van der Waals surface area contributed by atoms with Crippen LogP contribution in [0.25, 0.3) is 0 Å². The summed E-state index contributed by atoms with van der Waals surface area (Å²) < 4.78 is 5.41. The first kappa shape index (κ1) is 24.6. The zero-order valence-corrected chi connectivity index (χ0v) is 20.2. The van der Waals surface area contributed by atoms with Crippen molar-refractivity contribution < 1.29 is 19.1 Å². The molecule has 3 rings (SSSR count). The first-order valence-electron chi connectivity index (χ1n) is 11.4. The molecule has 0 radical (unpaired) electrons. The highest BCUT2D eigenvalue weighted by molar-refractivity contribution is 6.01. The molecule has 1 aromatic carbocycles. The molecule has 6 heteroatoms. The maximum atomic E-state index is 13.2. The third-order valence-electron chi connectivity index (χ3n) is 6.71. The standard InChI is InChI=1S/C27H34N2O4/c1-15-8-7-9-21(22(15)12-18(4)30)19(5)16(2)10-20(11-17(3)26(31)28-6)27(32)29-25-23-13-33-14-24(23)25/h7-11,19,23-25H,2,12-14H2,1,3-6H3,(H,28,31)(H,29,32)/b17-11+,20-10+. The van der Waals surface area contributed by atoms with Crippen molar-refractivity contribution >= 4 is 17.6 Å². The van der Waals surface area contributed by atoms with Crippen LogP contribution in [0.15, 0.2) is 53.6 Å². The molecule has 2 N–H and O–H groups in total. The Hall–Kier alpha value is -2.99. The minimum atomic E-state index is -0.244. The van der Waals surface area contributed by atoms with Gasteiger partial charge in [-0.3, -0.25) is 14.4 Å². The van der Waals surface area contributed by atoms with Crippen LogP contribution in [-0.4, -0.2) is 43.9 Å². The predicted molar refractivity (Wildman–Crippen MR) is 129 cm³/mol. The fourth-order valence-electron chi connectivity index (χ4n) is 4.50. The maximum absolute atomic E-state index is 13.2. The number of allylic oxidation sites excluding steroid dienone is 2. The highest BCUT2D eigenvalue weighted by Gasteiger charge is 2.54. The van der Waals surface area contributed by atoms with Crippen LogP contribution in [0.2, 0.25) is 0 Å². The van der Waals surface area contributed by atoms with Crippen molar-refractivity contribution in [2.45, 2.75) is 46.1 Å². The summed E-state index contributed by atoms with van der Waals surface area (Å²) in [6, 6.07) is 6.09. The first-order valence-corrected chi connectivity index (χ1v) is 11.4. The van der Waals surface area contributed by atoms with Crippen LogP contribution in [0.4, 0.5) is 0 Å². The van der Waals surface area contributed by atoms with Gasteiger partial charge in [-0.1, -0.05) is 31.7 Å². The van der Waals surface area contributed by atoms with Crippen molar-refractivity contribution in [3.05, 3.63) is 70.3 Å². The fourth-order valence-corrected chi connectivity index (χ4v) is 4.50. The van der Waals surface area contributed by atoms with Gasteiger partial charge in [0.2, 0.25) is 5.91 Å². The number of hydrogen-bond donors (Lipinski definition) is 2. The van der Waals surface area contributed by atoms with Crippen molar-refractivity contribution in [2.75, 3.05) is 20.3 Å². The van der Waals surface area contributed by atoms with Crippen LogP contribution in [0.1, 0.15) is 43.4 Å². The number of hydrogen-bond acceptors (Lipinski definition) is 4. The summed E-state index contributed by atoms with van der Waals surface area (Å²) >= 11 is 0. The summed E-state index contributed by atoms with van der Waals surface area (Å²) in [4.78, 5) is 37.1. The number of carbonyl (C=O) groups is 3. The molecule has 1 saturated carbocycles. The molecule has 1 heterocycles. The molecule has 0 bridgehead atoms. The maximum Gasteiger partial charge on any atom is 0.251 e. The molecule has 1 aliphatic carbocycles. The molecule has 2 amide bonds. The van der Waals surface area contributed by atoms with Crippen LogP contribution in [0, 0.1) is 18.8 Å². The molecule has 176 valence electrons. The average Bonchev–Trinajstić information content (AvgIpc) is 3.18. The van der Waals surface area contributed by atoms with E-state index in [9.17, 15) is 14.4 Å². The summed E-state index contributed by atoms with van der Waals surface area (Å²) in [5, 5.41) is 5.69. The molecule has 2 aliphatic rings. The Labute approximate surface area is 196 Å². The number of ether oxygens (including phenoxy) is 1. The Bertz CT molecular complexity index is 1030. The second-order valence-electron chi connectivity index (χ2n) is 9.19. The number of likely N-dealkylation sites (N-methyl/N-ethyl adjacent to an activating group) is 1. The van der Waals surface area contributed by atoms with E-state index in [1.54, 1.807) is 33.0 Å². The molecule has 1 aliphatic heterocycles. The first-order chi connectivity index (χ1) is 15.6. The summed E-state index contributed by atoms with van der Waals surface area (Å²) in [5.41, 5.74) is 4.64. The normalized spacial score (nSPS) is 22.9. The minimum Gasteiger partial charge on any atom is -0.381 e. The van der Waals surface area contributed by atoms with Gasteiger partial charge in [0.05, 0.1) is 13.2 Å². The molecule has 3 atom stereocenters. The van der Waals surface area contributed by atoms with Crippen molar-refractivity contribution in [3.8, 4) is 0 Å². The lowest BCUT2D eigenvalue weighted by molar-refractivity contribution is -0.118. The van der Waals surface area contributed by atoms with Crippen LogP contribution < -0.4 is 10.6 Å². The van der Waals surface area contributed by atoms with Gasteiger partial charge < -0.3 is 15.4 Å². The lowest BCUT2D eigenvalue weighted by Crippen LogP contribution is -2.31. The smallest absolute Gasteiger partial charge is 0.251 e. The SMILES string of the molecule is C=C(/C=C(\C=C(/C)C(=O)NC)C(=O)NC1C2COCC21)C(C)c1cccc(C)c1CC(C)=O. The van der Waals surface area contributed by atoms with Gasteiger partial charge in [0.1, 0.15) is 5.78 Å². The van der Waals surface area contributed by atoms with Crippen molar-refractivity contribution in [1.82, 2.24) is 10.6 Å². The summed E-state index contributed by atoms with van der Waals surface area (Å²) in [7, 11) is 1.56. The van der Waals surface area contributed by atoms with E-state index >= 15 is 0 Å². The fraction of sp³-hybridized carbons (Fsp3) is 0.444. The van der Waals surface area contributed by atoms with E-state index in [1.807, 2.05) is 32.0 Å². The molecule has 1 saturated heterocycles. The van der Waals surface area contributed by atoms with E-state index in [1.165, 1.54) is 0 Å². The van der Waals surface area contributed by atoms with Crippen LogP contribution in [0.3, 0.4) is 0 Å². The number of Topliss-reactive ketones (excluding diaryl/α,β-unsaturated/α-hetero) is 1. The Morgan fingerprint density at radius 1 is 1.15 bits per heavy atom. The molecule has 0 aromatic heterocycles. The van der Waals surface area contributed by atoms with Gasteiger partial charge in [0.25, 0.3) is 5.91 Å². The molecule has 6 nitrogen and oxygen atoms in total. The topological polar surface area (TPSA) is 84.5 Å². The van der Waals surface area contributed by atoms with Gasteiger partial charge in [-0.25, -0.2) is 0 Å². The average molecular weight is 451 g/mol. The monoisotopic (exact) mass is 450 g/mol. The molecule has 2 fully saturated rings. The number of ketones is 1. The van der Waals surface area contributed by atoms with Gasteiger partial charge >= 0.3 is 0 Å². The predicted octanol–water partition coefficient (Wildman–Crippen LogP) is 3.17. The largest absolute Gasteiger partial charge is 0.381 e. The van der Waals surface area contributed by atoms with E-state index in [2.05, 4.69) is 17.2 Å². The number of rotatable bonds is 9. The number of aryl methyl sites for hydroxylation is 1. The van der Waals surface area contributed by atoms with Gasteiger partial charge in [-0.2, -0.15) is 0 Å². The molecule has 0 spiro atoms. The van der Waals surface area contributed by atoms with E-state index < -0.39 is 0 Å². The number of carbonyl (C=O) groups excluding carboxylic acids is 3. The number of nitrogens with one attached hydrogen (secondary N) is 2. The Morgan fingerprint density at radius 3 is 2.42 bits per heavy atom. The molecule has 3 unspecified atom stereocenters. The zero-order chi connectivity index (χ0) is 24.3. The highest BCUT2D eigenvalue weighted by atomic mass is 16.5. The third-order valence-corrected chi connectivity index (χ3v) is 6.71. The van der Waals surface area contributed by atoms with E-state index in [0.717, 1.165) is 22.3 Å². The quantitative estimate of drug-likeness (QED) is 0.447. The molecule has 1 aromatic rings. The summed E-state index contributed by atoms with van der Waals surface area (Å²) in [5.74, 6) is 0.280. The van der Waals surface area contributed by atoms with E-state index in [-0.39, 0.29) is 29.6 Å². The second-order valence-corrected chi connectivity index (χ2v) is 9.19. The van der Waals surface area contributed by atoms with Crippen LogP contribution >= 0.6 is 0 Å². The van der Waals surface area contributed by atoms with Crippen molar-refractivity contribution in [3.63, 3.8) is 0 Å². The number of amides is 2. The van der Waals surface area contributed by atoms with Gasteiger partial charge in [-0.15, -0.1) is 0 Å². The lowest BCUT2D eigenvalue weighted by atomic mass is 9.85.